The van der Waals surface area contributed by atoms with Crippen molar-refractivity contribution in [3.8, 4) is 0 Å². The minimum atomic E-state index is -0.290. The van der Waals surface area contributed by atoms with Gasteiger partial charge in [0.05, 0.1) is 12.2 Å². The highest BCUT2D eigenvalue weighted by Gasteiger charge is 2.37. The zero-order valence-corrected chi connectivity index (χ0v) is 16.0. The Morgan fingerprint density at radius 2 is 1.04 bits per heavy atom. The second-order valence-corrected chi connectivity index (χ2v) is 8.05. The highest BCUT2D eigenvalue weighted by atomic mass is 16.6. The topological polar surface area (TPSA) is 30.5 Å². The van der Waals surface area contributed by atoms with E-state index >= 15 is 0 Å². The van der Waals surface area contributed by atoms with Crippen LogP contribution in [0.2, 0.25) is 0 Å². The van der Waals surface area contributed by atoms with Crippen molar-refractivity contribution in [1.82, 2.24) is 5.32 Å². The van der Waals surface area contributed by atoms with Crippen molar-refractivity contribution in [2.45, 2.75) is 128 Å². The van der Waals surface area contributed by atoms with Gasteiger partial charge in [-0.05, 0) is 52.4 Å². The molecular formula is C20H39NO2. The molecule has 0 radical (unpaired) electrons. The maximum atomic E-state index is 6.52. The van der Waals surface area contributed by atoms with Gasteiger partial charge in [0.15, 0.2) is 0 Å². The summed E-state index contributed by atoms with van der Waals surface area (Å²) in [6, 6.07) is 0. The van der Waals surface area contributed by atoms with Crippen molar-refractivity contribution >= 4 is 0 Å². The Morgan fingerprint density at radius 1 is 0.696 bits per heavy atom. The molecule has 0 aromatic heterocycles. The summed E-state index contributed by atoms with van der Waals surface area (Å²) >= 11 is 0. The van der Waals surface area contributed by atoms with Crippen LogP contribution in [0.4, 0.5) is 0 Å². The minimum absolute atomic E-state index is 0.290. The van der Waals surface area contributed by atoms with E-state index in [4.69, 9.17) is 9.47 Å². The molecule has 2 unspecified atom stereocenters. The smallest absolute Gasteiger partial charge is 0.118 e. The number of ether oxygens (including phenoxy) is 2. The van der Waals surface area contributed by atoms with Crippen LogP contribution in [-0.2, 0) is 9.47 Å². The molecule has 136 valence electrons. The van der Waals surface area contributed by atoms with E-state index < -0.39 is 0 Å². The monoisotopic (exact) mass is 325 g/mol. The number of hydrogen-bond acceptors (Lipinski definition) is 3. The molecule has 2 fully saturated rings. The SMILES string of the molecule is CCC(C)(NC(C)(CC)OC1CCCCC1)OC1CCCCC1. The molecule has 0 aliphatic heterocycles. The van der Waals surface area contributed by atoms with E-state index in [1.165, 1.54) is 64.2 Å². The Balaban J connectivity index is 1.94. The van der Waals surface area contributed by atoms with Gasteiger partial charge in [-0.15, -0.1) is 0 Å². The van der Waals surface area contributed by atoms with Crippen molar-refractivity contribution < 1.29 is 9.47 Å². The average Bonchev–Trinajstić information content (AvgIpc) is 2.56. The zero-order chi connectivity index (χ0) is 16.8. The van der Waals surface area contributed by atoms with Gasteiger partial charge in [-0.25, -0.2) is 0 Å². The highest BCUT2D eigenvalue weighted by molar-refractivity contribution is 4.84. The molecule has 2 aliphatic rings. The Bertz CT molecular complexity index is 305. The van der Waals surface area contributed by atoms with E-state index in [0.717, 1.165) is 12.8 Å². The molecule has 0 amide bonds. The molecule has 0 heterocycles. The lowest BCUT2D eigenvalue weighted by molar-refractivity contribution is -0.192. The predicted octanol–water partition coefficient (Wildman–Crippen LogP) is 5.53. The van der Waals surface area contributed by atoms with Crippen molar-refractivity contribution in [2.24, 2.45) is 0 Å². The fourth-order valence-corrected chi connectivity index (χ4v) is 4.06. The van der Waals surface area contributed by atoms with Gasteiger partial charge in [0.2, 0.25) is 0 Å². The quantitative estimate of drug-likeness (QED) is 0.595. The summed E-state index contributed by atoms with van der Waals surface area (Å²) in [5.41, 5.74) is -0.580. The van der Waals surface area contributed by atoms with Gasteiger partial charge in [-0.1, -0.05) is 52.4 Å². The number of nitrogens with one attached hydrogen (secondary N) is 1. The van der Waals surface area contributed by atoms with Gasteiger partial charge in [0.25, 0.3) is 0 Å². The lowest BCUT2D eigenvalue weighted by Gasteiger charge is -2.44. The molecular weight excluding hydrogens is 286 g/mol. The Morgan fingerprint density at radius 3 is 1.35 bits per heavy atom. The summed E-state index contributed by atoms with van der Waals surface area (Å²) in [7, 11) is 0. The molecule has 0 bridgehead atoms. The molecule has 2 rings (SSSR count). The fourth-order valence-electron chi connectivity index (χ4n) is 4.06. The molecule has 0 saturated heterocycles. The first-order chi connectivity index (χ1) is 11.0. The highest BCUT2D eigenvalue weighted by Crippen LogP contribution is 2.30. The molecule has 1 N–H and O–H groups in total. The average molecular weight is 326 g/mol. The number of rotatable bonds is 8. The summed E-state index contributed by atoms with van der Waals surface area (Å²) < 4.78 is 13.0. The van der Waals surface area contributed by atoms with Crippen LogP contribution in [0.5, 0.6) is 0 Å². The second kappa shape index (κ2) is 8.82. The zero-order valence-electron chi connectivity index (χ0n) is 16.0. The van der Waals surface area contributed by atoms with E-state index in [2.05, 4.69) is 33.0 Å². The first kappa shape index (κ1) is 19.2. The molecule has 0 aromatic rings. The maximum absolute atomic E-state index is 6.52. The summed E-state index contributed by atoms with van der Waals surface area (Å²) in [4.78, 5) is 0. The first-order valence-electron chi connectivity index (χ1n) is 10.1. The van der Waals surface area contributed by atoms with E-state index in [1.807, 2.05) is 0 Å². The second-order valence-electron chi connectivity index (χ2n) is 8.05. The summed E-state index contributed by atoms with van der Waals surface area (Å²) in [6.45, 7) is 8.85. The normalized spacial score (nSPS) is 26.6. The van der Waals surface area contributed by atoms with Crippen molar-refractivity contribution in [1.29, 1.82) is 0 Å². The Labute approximate surface area is 143 Å². The fraction of sp³-hybridized carbons (Fsp3) is 1.00. The molecule has 2 saturated carbocycles. The third-order valence-corrected chi connectivity index (χ3v) is 5.84. The number of hydrogen-bond donors (Lipinski definition) is 1. The third kappa shape index (κ3) is 6.03. The van der Waals surface area contributed by atoms with Gasteiger partial charge >= 0.3 is 0 Å². The molecule has 2 atom stereocenters. The largest absolute Gasteiger partial charge is 0.358 e. The summed E-state index contributed by atoms with van der Waals surface area (Å²) in [6.07, 6.45) is 15.6. The summed E-state index contributed by atoms with van der Waals surface area (Å²) in [5, 5.41) is 3.76. The molecule has 3 nitrogen and oxygen atoms in total. The van der Waals surface area contributed by atoms with Crippen molar-refractivity contribution in [3.05, 3.63) is 0 Å². The Kier molecular flexibility index (Phi) is 7.37. The van der Waals surface area contributed by atoms with Gasteiger partial charge in [0, 0.05) is 0 Å². The van der Waals surface area contributed by atoms with Gasteiger partial charge in [0.1, 0.15) is 11.4 Å². The first-order valence-corrected chi connectivity index (χ1v) is 10.1. The van der Waals surface area contributed by atoms with Crippen LogP contribution in [0.1, 0.15) is 105 Å². The lowest BCUT2D eigenvalue weighted by atomic mass is 9.96. The minimum Gasteiger partial charge on any atom is -0.358 e. The lowest BCUT2D eigenvalue weighted by Crippen LogP contribution is -2.59. The van der Waals surface area contributed by atoms with Crippen LogP contribution in [0.15, 0.2) is 0 Å². The van der Waals surface area contributed by atoms with Crippen molar-refractivity contribution in [2.75, 3.05) is 0 Å². The van der Waals surface area contributed by atoms with Crippen LogP contribution in [0.25, 0.3) is 0 Å². The molecule has 0 spiro atoms. The van der Waals surface area contributed by atoms with E-state index in [0.29, 0.717) is 12.2 Å². The van der Waals surface area contributed by atoms with Crippen molar-refractivity contribution in [3.63, 3.8) is 0 Å². The van der Waals surface area contributed by atoms with Crippen LogP contribution in [0, 0.1) is 0 Å². The van der Waals surface area contributed by atoms with Gasteiger partial charge < -0.3 is 9.47 Å². The van der Waals surface area contributed by atoms with Crippen LogP contribution < -0.4 is 5.32 Å². The maximum Gasteiger partial charge on any atom is 0.118 e. The van der Waals surface area contributed by atoms with Crippen LogP contribution >= 0.6 is 0 Å². The Hall–Kier alpha value is -0.120. The molecule has 23 heavy (non-hydrogen) atoms. The van der Waals surface area contributed by atoms with Crippen LogP contribution in [0.3, 0.4) is 0 Å². The van der Waals surface area contributed by atoms with E-state index in [-0.39, 0.29) is 11.4 Å². The standard InChI is InChI=1S/C20H39NO2/c1-5-19(3,22-17-13-9-7-10-14-17)21-20(4,6-2)23-18-15-11-8-12-16-18/h17-18,21H,5-16H2,1-4H3. The van der Waals surface area contributed by atoms with Gasteiger partial charge in [-0.3, -0.25) is 5.32 Å². The van der Waals surface area contributed by atoms with E-state index in [1.54, 1.807) is 0 Å². The molecule has 0 aromatic carbocycles. The summed E-state index contributed by atoms with van der Waals surface area (Å²) in [5.74, 6) is 0. The van der Waals surface area contributed by atoms with Gasteiger partial charge in [-0.2, -0.15) is 0 Å². The molecule has 2 aliphatic carbocycles. The molecule has 3 heteroatoms. The third-order valence-electron chi connectivity index (χ3n) is 5.84. The van der Waals surface area contributed by atoms with E-state index in [9.17, 15) is 0 Å². The predicted molar refractivity (Wildman–Crippen MR) is 96.4 cm³/mol. The van der Waals surface area contributed by atoms with Crippen LogP contribution in [-0.4, -0.2) is 23.7 Å².